The van der Waals surface area contributed by atoms with Gasteiger partial charge in [0.1, 0.15) is 5.75 Å². The Morgan fingerprint density at radius 2 is 1.78 bits per heavy atom. The molecule has 122 valence electrons. The quantitative estimate of drug-likeness (QED) is 0.825. The van der Waals surface area contributed by atoms with Gasteiger partial charge in [0.25, 0.3) is 0 Å². The molecule has 0 spiro atoms. The zero-order valence-corrected chi connectivity index (χ0v) is 14.1. The van der Waals surface area contributed by atoms with Crippen molar-refractivity contribution in [3.8, 4) is 5.75 Å². The number of ketones is 1. The standard InChI is InChI=1S/C17H19NO4S/c1-12-10-14(4-9-17(12)22-3)11-18-23(20,21)16-7-5-15(6-8-16)13(2)19/h4-10,18H,11H2,1-3H3. The van der Waals surface area contributed by atoms with Gasteiger partial charge in [-0.3, -0.25) is 4.79 Å². The van der Waals surface area contributed by atoms with Crippen LogP contribution < -0.4 is 9.46 Å². The zero-order valence-electron chi connectivity index (χ0n) is 13.3. The van der Waals surface area contributed by atoms with Crippen LogP contribution in [0.1, 0.15) is 28.4 Å². The van der Waals surface area contributed by atoms with Crippen molar-refractivity contribution in [2.24, 2.45) is 0 Å². The minimum absolute atomic E-state index is 0.101. The number of hydrogen-bond donors (Lipinski definition) is 1. The summed E-state index contributed by atoms with van der Waals surface area (Å²) in [6.45, 7) is 3.52. The Labute approximate surface area is 136 Å². The first-order valence-corrected chi connectivity index (χ1v) is 8.56. The average Bonchev–Trinajstić information content (AvgIpc) is 2.53. The summed E-state index contributed by atoms with van der Waals surface area (Å²) in [6.07, 6.45) is 0. The van der Waals surface area contributed by atoms with E-state index in [9.17, 15) is 13.2 Å². The normalized spacial score (nSPS) is 11.3. The molecule has 23 heavy (non-hydrogen) atoms. The minimum atomic E-state index is -3.62. The molecule has 1 N–H and O–H groups in total. The molecule has 0 fully saturated rings. The highest BCUT2D eigenvalue weighted by atomic mass is 32.2. The molecule has 0 unspecified atom stereocenters. The van der Waals surface area contributed by atoms with E-state index in [0.29, 0.717) is 5.56 Å². The lowest BCUT2D eigenvalue weighted by atomic mass is 10.1. The van der Waals surface area contributed by atoms with Gasteiger partial charge in [-0.05, 0) is 43.2 Å². The maximum Gasteiger partial charge on any atom is 0.240 e. The summed E-state index contributed by atoms with van der Waals surface area (Å²) in [5, 5.41) is 0. The monoisotopic (exact) mass is 333 g/mol. The van der Waals surface area contributed by atoms with Crippen molar-refractivity contribution in [3.63, 3.8) is 0 Å². The van der Waals surface area contributed by atoms with Gasteiger partial charge in [-0.25, -0.2) is 13.1 Å². The summed E-state index contributed by atoms with van der Waals surface area (Å²) >= 11 is 0. The summed E-state index contributed by atoms with van der Waals surface area (Å²) in [5.74, 6) is 0.659. The van der Waals surface area contributed by atoms with Crippen LogP contribution in [-0.2, 0) is 16.6 Å². The van der Waals surface area contributed by atoms with Crippen LogP contribution >= 0.6 is 0 Å². The van der Waals surface area contributed by atoms with Crippen molar-refractivity contribution in [1.29, 1.82) is 0 Å². The predicted octanol–water partition coefficient (Wildman–Crippen LogP) is 2.68. The van der Waals surface area contributed by atoms with Crippen LogP contribution in [0.3, 0.4) is 0 Å². The van der Waals surface area contributed by atoms with Gasteiger partial charge in [-0.2, -0.15) is 0 Å². The molecule has 2 aromatic carbocycles. The second-order valence-electron chi connectivity index (χ2n) is 5.21. The Hall–Kier alpha value is -2.18. The third kappa shape index (κ3) is 4.18. The van der Waals surface area contributed by atoms with Gasteiger partial charge in [-0.1, -0.05) is 24.3 Å². The van der Waals surface area contributed by atoms with Crippen molar-refractivity contribution in [1.82, 2.24) is 4.72 Å². The summed E-state index contributed by atoms with van der Waals surface area (Å²) < 4.78 is 32.3. The predicted molar refractivity (Wildman–Crippen MR) is 88.2 cm³/mol. The molecule has 0 saturated heterocycles. The molecule has 0 aliphatic heterocycles. The van der Waals surface area contributed by atoms with Crippen molar-refractivity contribution in [2.75, 3.05) is 7.11 Å². The molecule has 0 bridgehead atoms. The van der Waals surface area contributed by atoms with E-state index in [4.69, 9.17) is 4.74 Å². The second-order valence-corrected chi connectivity index (χ2v) is 6.98. The molecule has 2 rings (SSSR count). The number of methoxy groups -OCH3 is 1. The first kappa shape index (κ1) is 17.2. The topological polar surface area (TPSA) is 72.5 Å². The van der Waals surface area contributed by atoms with Gasteiger partial charge >= 0.3 is 0 Å². The maximum absolute atomic E-state index is 12.3. The lowest BCUT2D eigenvalue weighted by molar-refractivity contribution is 0.101. The minimum Gasteiger partial charge on any atom is -0.496 e. The molecular formula is C17H19NO4S. The van der Waals surface area contributed by atoms with Gasteiger partial charge in [0.2, 0.25) is 10.0 Å². The number of nitrogens with one attached hydrogen (secondary N) is 1. The number of benzene rings is 2. The number of carbonyl (C=O) groups is 1. The highest BCUT2D eigenvalue weighted by Crippen LogP contribution is 2.19. The molecule has 0 heterocycles. The number of Topliss-reactive ketones (excluding diaryl/α,β-unsaturated/α-hetero) is 1. The number of ether oxygens (including phenoxy) is 1. The first-order chi connectivity index (χ1) is 10.8. The fourth-order valence-corrected chi connectivity index (χ4v) is 3.20. The Bertz CT molecular complexity index is 811. The van der Waals surface area contributed by atoms with Crippen LogP contribution in [0.25, 0.3) is 0 Å². The van der Waals surface area contributed by atoms with E-state index in [-0.39, 0.29) is 17.2 Å². The highest BCUT2D eigenvalue weighted by molar-refractivity contribution is 7.89. The SMILES string of the molecule is COc1ccc(CNS(=O)(=O)c2ccc(C(C)=O)cc2)cc1C. The molecule has 0 aromatic heterocycles. The molecule has 0 amide bonds. The molecule has 0 aliphatic carbocycles. The van der Waals surface area contributed by atoms with Crippen LogP contribution in [0, 0.1) is 6.92 Å². The van der Waals surface area contributed by atoms with Crippen molar-refractivity contribution in [3.05, 3.63) is 59.2 Å². The van der Waals surface area contributed by atoms with Crippen LogP contribution in [0.15, 0.2) is 47.4 Å². The fraction of sp³-hybridized carbons (Fsp3) is 0.235. The molecule has 0 radical (unpaired) electrons. The summed E-state index contributed by atoms with van der Waals surface area (Å²) in [4.78, 5) is 11.4. The van der Waals surface area contributed by atoms with E-state index in [1.807, 2.05) is 19.1 Å². The highest BCUT2D eigenvalue weighted by Gasteiger charge is 2.14. The van der Waals surface area contributed by atoms with Crippen LogP contribution in [0.4, 0.5) is 0 Å². The van der Waals surface area contributed by atoms with Crippen LogP contribution in [-0.4, -0.2) is 21.3 Å². The van der Waals surface area contributed by atoms with Gasteiger partial charge in [-0.15, -0.1) is 0 Å². The fourth-order valence-electron chi connectivity index (χ4n) is 2.18. The van der Waals surface area contributed by atoms with Crippen molar-refractivity contribution >= 4 is 15.8 Å². The van der Waals surface area contributed by atoms with Crippen LogP contribution in [0.2, 0.25) is 0 Å². The third-order valence-corrected chi connectivity index (χ3v) is 4.91. The number of hydrogen-bond acceptors (Lipinski definition) is 4. The largest absolute Gasteiger partial charge is 0.496 e. The van der Waals surface area contributed by atoms with E-state index in [0.717, 1.165) is 16.9 Å². The lowest BCUT2D eigenvalue weighted by Crippen LogP contribution is -2.23. The van der Waals surface area contributed by atoms with Crippen molar-refractivity contribution in [2.45, 2.75) is 25.3 Å². The van der Waals surface area contributed by atoms with E-state index in [2.05, 4.69) is 4.72 Å². The van der Waals surface area contributed by atoms with Gasteiger partial charge in [0.05, 0.1) is 12.0 Å². The molecule has 0 aliphatic rings. The van der Waals surface area contributed by atoms with E-state index >= 15 is 0 Å². The molecule has 0 atom stereocenters. The summed E-state index contributed by atoms with van der Waals surface area (Å²) in [6, 6.07) is 11.4. The maximum atomic E-state index is 12.3. The zero-order chi connectivity index (χ0) is 17.0. The van der Waals surface area contributed by atoms with Crippen molar-refractivity contribution < 1.29 is 17.9 Å². The van der Waals surface area contributed by atoms with E-state index in [1.165, 1.54) is 31.2 Å². The summed E-state index contributed by atoms with van der Waals surface area (Å²) in [5.41, 5.74) is 2.26. The Kier molecular flexibility index (Phi) is 5.18. The Morgan fingerprint density at radius 3 is 2.30 bits per heavy atom. The number of sulfonamides is 1. The summed E-state index contributed by atoms with van der Waals surface area (Å²) in [7, 11) is -2.03. The Morgan fingerprint density at radius 1 is 1.13 bits per heavy atom. The third-order valence-electron chi connectivity index (χ3n) is 3.50. The smallest absolute Gasteiger partial charge is 0.240 e. The lowest BCUT2D eigenvalue weighted by Gasteiger charge is -2.10. The van der Waals surface area contributed by atoms with Gasteiger partial charge in [0.15, 0.2) is 5.78 Å². The van der Waals surface area contributed by atoms with E-state index < -0.39 is 10.0 Å². The van der Waals surface area contributed by atoms with Gasteiger partial charge < -0.3 is 4.74 Å². The van der Waals surface area contributed by atoms with E-state index in [1.54, 1.807) is 13.2 Å². The number of rotatable bonds is 6. The molecule has 2 aromatic rings. The van der Waals surface area contributed by atoms with Crippen LogP contribution in [0.5, 0.6) is 5.75 Å². The number of carbonyl (C=O) groups excluding carboxylic acids is 1. The average molecular weight is 333 g/mol. The molecule has 6 heteroatoms. The molecular weight excluding hydrogens is 314 g/mol. The Balaban J connectivity index is 2.12. The first-order valence-electron chi connectivity index (χ1n) is 7.07. The molecule has 5 nitrogen and oxygen atoms in total. The van der Waals surface area contributed by atoms with Gasteiger partial charge in [0, 0.05) is 12.1 Å². The molecule has 0 saturated carbocycles. The second kappa shape index (κ2) is 6.93. The number of aryl methyl sites for hydroxylation is 1.